The van der Waals surface area contributed by atoms with E-state index >= 15 is 0 Å². The Morgan fingerprint density at radius 1 is 1.13 bits per heavy atom. The molecule has 1 aliphatic heterocycles. The molecule has 2 aromatic rings. The zero-order chi connectivity index (χ0) is 22.2. The largest absolute Gasteiger partial charge is 0.480 e. The number of likely N-dealkylation sites (tertiary alicyclic amines) is 1. The number of ether oxygens (including phenoxy) is 1. The van der Waals surface area contributed by atoms with Crippen LogP contribution in [0.5, 0.6) is 5.88 Å². The van der Waals surface area contributed by atoms with Crippen molar-refractivity contribution in [1.82, 2.24) is 9.88 Å². The molecule has 1 aromatic carbocycles. The van der Waals surface area contributed by atoms with Crippen LogP contribution < -0.4 is 4.74 Å². The van der Waals surface area contributed by atoms with Gasteiger partial charge >= 0.3 is 0 Å². The van der Waals surface area contributed by atoms with Gasteiger partial charge < -0.3 is 9.64 Å². The SMILES string of the molecule is COc1nc(/C(=C\[C@H]2CCN(C(=O)C3CC3)C2)c2ccc(C(C)(C)C)cc2)ccc1Cl. The van der Waals surface area contributed by atoms with Crippen molar-refractivity contribution >= 4 is 23.1 Å². The third-order valence-electron chi connectivity index (χ3n) is 6.21. The number of aromatic nitrogens is 1. The summed E-state index contributed by atoms with van der Waals surface area (Å²) in [4.78, 5) is 19.2. The van der Waals surface area contributed by atoms with Crippen LogP contribution in [-0.2, 0) is 10.2 Å². The lowest BCUT2D eigenvalue weighted by atomic mass is 9.85. The number of benzene rings is 1. The number of hydrogen-bond donors (Lipinski definition) is 0. The minimum atomic E-state index is 0.0965. The molecule has 1 aromatic heterocycles. The Balaban J connectivity index is 1.67. The molecule has 1 atom stereocenters. The molecular formula is C26H31ClN2O2. The Bertz CT molecular complexity index is 987. The molecule has 2 fully saturated rings. The predicted octanol–water partition coefficient (Wildman–Crippen LogP) is 5.73. The molecule has 0 radical (unpaired) electrons. The number of pyridine rings is 1. The second-order valence-corrected chi connectivity index (χ2v) is 10.1. The van der Waals surface area contributed by atoms with Crippen molar-refractivity contribution in [2.45, 2.75) is 45.4 Å². The molecule has 1 amide bonds. The van der Waals surface area contributed by atoms with Crippen molar-refractivity contribution in [1.29, 1.82) is 0 Å². The number of amides is 1. The fourth-order valence-corrected chi connectivity index (χ4v) is 4.33. The monoisotopic (exact) mass is 438 g/mol. The van der Waals surface area contributed by atoms with E-state index < -0.39 is 0 Å². The molecule has 1 saturated heterocycles. The Labute approximate surface area is 190 Å². The van der Waals surface area contributed by atoms with Crippen molar-refractivity contribution in [3.8, 4) is 5.88 Å². The van der Waals surface area contributed by atoms with Gasteiger partial charge in [-0.05, 0) is 53.9 Å². The van der Waals surface area contributed by atoms with Gasteiger partial charge in [-0.2, -0.15) is 0 Å². The topological polar surface area (TPSA) is 42.4 Å². The first-order chi connectivity index (χ1) is 14.8. The molecular weight excluding hydrogens is 408 g/mol. The van der Waals surface area contributed by atoms with E-state index in [0.717, 1.165) is 49.2 Å². The van der Waals surface area contributed by atoms with Crippen LogP contribution >= 0.6 is 11.6 Å². The van der Waals surface area contributed by atoms with E-state index in [-0.39, 0.29) is 11.3 Å². The number of carbonyl (C=O) groups excluding carboxylic acids is 1. The van der Waals surface area contributed by atoms with Gasteiger partial charge in [0.25, 0.3) is 0 Å². The van der Waals surface area contributed by atoms with Crippen molar-refractivity contribution in [3.05, 3.63) is 64.3 Å². The lowest BCUT2D eigenvalue weighted by Gasteiger charge is -2.20. The van der Waals surface area contributed by atoms with Crippen molar-refractivity contribution in [3.63, 3.8) is 0 Å². The summed E-state index contributed by atoms with van der Waals surface area (Å²) in [5.41, 5.74) is 4.38. The molecule has 0 unspecified atom stereocenters. The van der Waals surface area contributed by atoms with E-state index in [9.17, 15) is 4.79 Å². The number of hydrogen-bond acceptors (Lipinski definition) is 3. The van der Waals surface area contributed by atoms with Gasteiger partial charge in [0, 0.05) is 24.6 Å². The first-order valence-corrected chi connectivity index (χ1v) is 11.5. The summed E-state index contributed by atoms with van der Waals surface area (Å²) in [6.45, 7) is 8.27. The van der Waals surface area contributed by atoms with E-state index in [0.29, 0.717) is 22.7 Å². The van der Waals surface area contributed by atoms with E-state index in [1.807, 2.05) is 17.0 Å². The summed E-state index contributed by atoms with van der Waals surface area (Å²) < 4.78 is 5.36. The van der Waals surface area contributed by atoms with Crippen LogP contribution in [0.3, 0.4) is 0 Å². The molecule has 2 aliphatic rings. The molecule has 4 nitrogen and oxygen atoms in total. The highest BCUT2D eigenvalue weighted by molar-refractivity contribution is 6.31. The first-order valence-electron chi connectivity index (χ1n) is 11.1. The lowest BCUT2D eigenvalue weighted by molar-refractivity contribution is -0.131. The highest BCUT2D eigenvalue weighted by atomic mass is 35.5. The van der Waals surface area contributed by atoms with Crippen molar-refractivity contribution in [2.24, 2.45) is 11.8 Å². The molecule has 0 spiro atoms. The maximum absolute atomic E-state index is 12.5. The molecule has 0 bridgehead atoms. The second kappa shape index (κ2) is 8.66. The fourth-order valence-electron chi connectivity index (χ4n) is 4.14. The summed E-state index contributed by atoms with van der Waals surface area (Å²) in [6.07, 6.45) is 5.36. The van der Waals surface area contributed by atoms with Gasteiger partial charge in [0.15, 0.2) is 0 Å². The summed E-state index contributed by atoms with van der Waals surface area (Å²) in [6, 6.07) is 12.5. The standard InChI is InChI=1S/C26H31ClN2O2/c1-26(2,3)20-9-7-18(8-10-20)21(23-12-11-22(27)24(28-23)31-4)15-17-13-14-29(16-17)25(30)19-5-6-19/h7-12,15,17,19H,5-6,13-14,16H2,1-4H3/b21-15-/t17-/m1/s1. The Hall–Kier alpha value is -2.33. The van der Waals surface area contributed by atoms with Crippen LogP contribution in [0.2, 0.25) is 5.02 Å². The number of nitrogens with zero attached hydrogens (tertiary/aromatic N) is 2. The van der Waals surface area contributed by atoms with E-state index in [4.69, 9.17) is 16.3 Å². The molecule has 164 valence electrons. The number of methoxy groups -OCH3 is 1. The molecule has 1 saturated carbocycles. The van der Waals surface area contributed by atoms with Crippen LogP contribution in [0.15, 0.2) is 42.5 Å². The second-order valence-electron chi connectivity index (χ2n) is 9.70. The summed E-state index contributed by atoms with van der Waals surface area (Å²) in [5, 5.41) is 0.496. The van der Waals surface area contributed by atoms with Gasteiger partial charge in [0.1, 0.15) is 5.02 Å². The Morgan fingerprint density at radius 3 is 2.45 bits per heavy atom. The first kappa shape index (κ1) is 21.9. The predicted molar refractivity (Wildman–Crippen MR) is 125 cm³/mol. The average Bonchev–Trinajstić information content (AvgIpc) is 3.50. The van der Waals surface area contributed by atoms with E-state index in [1.54, 1.807) is 7.11 Å². The quantitative estimate of drug-likeness (QED) is 0.598. The van der Waals surface area contributed by atoms with Crippen LogP contribution in [0.25, 0.3) is 5.57 Å². The summed E-state index contributed by atoms with van der Waals surface area (Å²) in [5.74, 6) is 1.34. The minimum absolute atomic E-state index is 0.0965. The van der Waals surface area contributed by atoms with E-state index in [2.05, 4.69) is 56.1 Å². The zero-order valence-corrected chi connectivity index (χ0v) is 19.6. The van der Waals surface area contributed by atoms with E-state index in [1.165, 1.54) is 5.56 Å². The maximum Gasteiger partial charge on any atom is 0.232 e. The molecule has 5 heteroatoms. The van der Waals surface area contributed by atoms with Crippen molar-refractivity contribution in [2.75, 3.05) is 20.2 Å². The van der Waals surface area contributed by atoms with Crippen molar-refractivity contribution < 1.29 is 9.53 Å². The normalized spacial score (nSPS) is 19.6. The third kappa shape index (κ3) is 4.95. The Kier molecular flexibility index (Phi) is 6.11. The highest BCUT2D eigenvalue weighted by Gasteiger charge is 2.36. The third-order valence-corrected chi connectivity index (χ3v) is 6.50. The van der Waals surface area contributed by atoms with Crippen LogP contribution in [-0.4, -0.2) is 36.0 Å². The number of halogens is 1. The summed E-state index contributed by atoms with van der Waals surface area (Å²) in [7, 11) is 1.58. The van der Waals surface area contributed by atoms with Crippen LogP contribution in [0.1, 0.15) is 56.9 Å². The molecule has 4 rings (SSSR count). The average molecular weight is 439 g/mol. The van der Waals surface area contributed by atoms with Gasteiger partial charge in [-0.1, -0.05) is 62.7 Å². The Morgan fingerprint density at radius 2 is 1.84 bits per heavy atom. The minimum Gasteiger partial charge on any atom is -0.480 e. The summed E-state index contributed by atoms with van der Waals surface area (Å²) >= 11 is 6.23. The van der Waals surface area contributed by atoms with Crippen LogP contribution in [0.4, 0.5) is 0 Å². The molecule has 0 N–H and O–H groups in total. The lowest BCUT2D eigenvalue weighted by Crippen LogP contribution is -2.29. The van der Waals surface area contributed by atoms with Gasteiger partial charge in [-0.15, -0.1) is 0 Å². The van der Waals surface area contributed by atoms with Gasteiger partial charge in [0.05, 0.1) is 12.8 Å². The van der Waals surface area contributed by atoms with Gasteiger partial charge in [-0.3, -0.25) is 4.79 Å². The van der Waals surface area contributed by atoms with Crippen LogP contribution in [0, 0.1) is 11.8 Å². The van der Waals surface area contributed by atoms with Gasteiger partial charge in [0.2, 0.25) is 11.8 Å². The maximum atomic E-state index is 12.5. The zero-order valence-electron chi connectivity index (χ0n) is 18.8. The fraction of sp³-hybridized carbons (Fsp3) is 0.462. The molecule has 2 heterocycles. The highest BCUT2D eigenvalue weighted by Crippen LogP contribution is 2.35. The van der Waals surface area contributed by atoms with Gasteiger partial charge in [-0.25, -0.2) is 4.98 Å². The molecule has 31 heavy (non-hydrogen) atoms. The molecule has 1 aliphatic carbocycles. The smallest absolute Gasteiger partial charge is 0.232 e. The number of carbonyl (C=O) groups is 1. The number of rotatable bonds is 5.